The fourth-order valence-corrected chi connectivity index (χ4v) is 2.55. The van der Waals surface area contributed by atoms with Gasteiger partial charge in [-0.3, -0.25) is 9.36 Å². The van der Waals surface area contributed by atoms with Crippen LogP contribution in [0.5, 0.6) is 0 Å². The number of nitrogens with zero attached hydrogens (tertiary/aromatic N) is 2. The number of halogens is 1. The summed E-state index contributed by atoms with van der Waals surface area (Å²) in [6, 6.07) is 7.30. The second-order valence-electron chi connectivity index (χ2n) is 4.51. The number of H-pyrrole nitrogens is 1. The normalized spacial score (nSPS) is 11.1. The van der Waals surface area contributed by atoms with Gasteiger partial charge in [0.2, 0.25) is 5.56 Å². The smallest absolute Gasteiger partial charge is 0.248 e. The van der Waals surface area contributed by atoms with Gasteiger partial charge in [-0.2, -0.15) is 0 Å². The van der Waals surface area contributed by atoms with Crippen molar-refractivity contribution < 1.29 is 0 Å². The molecule has 0 aliphatic carbocycles. The Bertz CT molecular complexity index is 813. The SMILES string of the molecule is Cc1cc(-n2c(Cl)cnc2C)cc2ccc(=O)[nH]c12. The van der Waals surface area contributed by atoms with Gasteiger partial charge >= 0.3 is 0 Å². The summed E-state index contributed by atoms with van der Waals surface area (Å²) >= 11 is 6.15. The topological polar surface area (TPSA) is 50.7 Å². The highest BCUT2D eigenvalue weighted by Crippen LogP contribution is 2.24. The van der Waals surface area contributed by atoms with Crippen LogP contribution in [0, 0.1) is 13.8 Å². The van der Waals surface area contributed by atoms with Crippen LogP contribution in [-0.2, 0) is 0 Å². The highest BCUT2D eigenvalue weighted by Gasteiger charge is 2.09. The first-order chi connectivity index (χ1) is 9.06. The van der Waals surface area contributed by atoms with Gasteiger partial charge in [0.1, 0.15) is 11.0 Å². The van der Waals surface area contributed by atoms with Crippen LogP contribution in [0.25, 0.3) is 16.6 Å². The molecule has 0 radical (unpaired) electrons. The number of nitrogens with one attached hydrogen (secondary N) is 1. The lowest BCUT2D eigenvalue weighted by molar-refractivity contribution is 0.975. The van der Waals surface area contributed by atoms with Gasteiger partial charge in [0.05, 0.1) is 11.7 Å². The third kappa shape index (κ3) is 1.94. The predicted molar refractivity (Wildman–Crippen MR) is 76.2 cm³/mol. The molecule has 1 aromatic carbocycles. The molecule has 4 nitrogen and oxygen atoms in total. The van der Waals surface area contributed by atoms with E-state index in [0.29, 0.717) is 5.15 Å². The molecule has 3 rings (SSSR count). The van der Waals surface area contributed by atoms with Crippen molar-refractivity contribution in [3.8, 4) is 5.69 Å². The maximum absolute atomic E-state index is 11.4. The minimum atomic E-state index is -0.0970. The summed E-state index contributed by atoms with van der Waals surface area (Å²) in [4.78, 5) is 18.4. The van der Waals surface area contributed by atoms with Gasteiger partial charge in [-0.05, 0) is 37.6 Å². The van der Waals surface area contributed by atoms with E-state index in [-0.39, 0.29) is 5.56 Å². The summed E-state index contributed by atoms with van der Waals surface area (Å²) in [5.74, 6) is 0.827. The average molecular weight is 274 g/mol. The van der Waals surface area contributed by atoms with Crippen LogP contribution >= 0.6 is 11.6 Å². The molecule has 2 aromatic heterocycles. The number of benzene rings is 1. The molecule has 3 aromatic rings. The van der Waals surface area contributed by atoms with E-state index < -0.39 is 0 Å². The summed E-state index contributed by atoms with van der Waals surface area (Å²) in [5.41, 5.74) is 2.69. The minimum Gasteiger partial charge on any atom is -0.322 e. The van der Waals surface area contributed by atoms with Gasteiger partial charge in [-0.1, -0.05) is 11.6 Å². The fraction of sp³-hybridized carbons (Fsp3) is 0.143. The molecule has 0 bridgehead atoms. The number of imidazole rings is 1. The van der Waals surface area contributed by atoms with Crippen LogP contribution in [0.1, 0.15) is 11.4 Å². The van der Waals surface area contributed by atoms with Crippen molar-refractivity contribution in [2.45, 2.75) is 13.8 Å². The molecule has 2 heterocycles. The highest BCUT2D eigenvalue weighted by molar-refractivity contribution is 6.29. The van der Waals surface area contributed by atoms with Crippen LogP contribution in [0.4, 0.5) is 0 Å². The van der Waals surface area contributed by atoms with E-state index in [1.807, 2.05) is 36.6 Å². The second-order valence-corrected chi connectivity index (χ2v) is 4.90. The Hall–Kier alpha value is -2.07. The zero-order valence-electron chi connectivity index (χ0n) is 10.6. The lowest BCUT2D eigenvalue weighted by Crippen LogP contribution is -2.05. The monoisotopic (exact) mass is 273 g/mol. The molecule has 0 saturated carbocycles. The maximum Gasteiger partial charge on any atom is 0.248 e. The number of fused-ring (bicyclic) bond motifs is 1. The standard InChI is InChI=1S/C14H12ClN3O/c1-8-5-11(18-9(2)16-7-12(18)15)6-10-3-4-13(19)17-14(8)10/h3-7H,1-2H3,(H,17,19). The zero-order chi connectivity index (χ0) is 13.6. The van der Waals surface area contributed by atoms with E-state index in [9.17, 15) is 4.79 Å². The molecule has 0 amide bonds. The molecular weight excluding hydrogens is 262 g/mol. The summed E-state index contributed by atoms with van der Waals surface area (Å²) in [7, 11) is 0. The molecule has 96 valence electrons. The molecule has 0 aliphatic rings. The minimum absolute atomic E-state index is 0.0970. The Morgan fingerprint density at radius 2 is 2.05 bits per heavy atom. The summed E-state index contributed by atoms with van der Waals surface area (Å²) in [5, 5.41) is 1.54. The Morgan fingerprint density at radius 3 is 2.74 bits per heavy atom. The van der Waals surface area contributed by atoms with E-state index in [0.717, 1.165) is 28.0 Å². The summed E-state index contributed by atoms with van der Waals surface area (Å²) in [6.45, 7) is 3.86. The fourth-order valence-electron chi connectivity index (χ4n) is 2.28. The molecular formula is C14H12ClN3O. The number of pyridine rings is 1. The van der Waals surface area contributed by atoms with Crippen molar-refractivity contribution in [1.82, 2.24) is 14.5 Å². The number of aryl methyl sites for hydroxylation is 2. The van der Waals surface area contributed by atoms with Crippen molar-refractivity contribution >= 4 is 22.5 Å². The molecule has 0 unspecified atom stereocenters. The van der Waals surface area contributed by atoms with Gasteiger partial charge in [-0.25, -0.2) is 4.98 Å². The van der Waals surface area contributed by atoms with Gasteiger partial charge in [-0.15, -0.1) is 0 Å². The molecule has 19 heavy (non-hydrogen) atoms. The first kappa shape index (κ1) is 12.0. The van der Waals surface area contributed by atoms with Crippen molar-refractivity contribution in [3.63, 3.8) is 0 Å². The Balaban J connectivity index is 2.33. The van der Waals surface area contributed by atoms with Gasteiger partial charge < -0.3 is 4.98 Å². The molecule has 5 heteroatoms. The van der Waals surface area contributed by atoms with Crippen molar-refractivity contribution in [2.24, 2.45) is 0 Å². The van der Waals surface area contributed by atoms with E-state index in [2.05, 4.69) is 9.97 Å². The van der Waals surface area contributed by atoms with Crippen molar-refractivity contribution in [1.29, 1.82) is 0 Å². The Kier molecular flexibility index (Phi) is 2.68. The number of hydrogen-bond donors (Lipinski definition) is 1. The van der Waals surface area contributed by atoms with E-state index in [1.54, 1.807) is 6.20 Å². The van der Waals surface area contributed by atoms with E-state index in [4.69, 9.17) is 11.6 Å². The first-order valence-electron chi connectivity index (χ1n) is 5.90. The van der Waals surface area contributed by atoms with Gasteiger partial charge in [0.25, 0.3) is 0 Å². The number of rotatable bonds is 1. The molecule has 0 aliphatic heterocycles. The molecule has 0 spiro atoms. The van der Waals surface area contributed by atoms with E-state index >= 15 is 0 Å². The second kappa shape index (κ2) is 4.24. The largest absolute Gasteiger partial charge is 0.322 e. The maximum atomic E-state index is 11.4. The lowest BCUT2D eigenvalue weighted by atomic mass is 10.1. The number of hydrogen-bond acceptors (Lipinski definition) is 2. The Labute approximate surface area is 114 Å². The molecule has 0 saturated heterocycles. The zero-order valence-corrected chi connectivity index (χ0v) is 11.3. The summed E-state index contributed by atoms with van der Waals surface area (Å²) < 4.78 is 1.87. The molecule has 0 fully saturated rings. The lowest BCUT2D eigenvalue weighted by Gasteiger charge is -2.10. The Morgan fingerprint density at radius 1 is 1.26 bits per heavy atom. The van der Waals surface area contributed by atoms with Crippen molar-refractivity contribution in [3.05, 3.63) is 57.4 Å². The number of aromatic amines is 1. The van der Waals surface area contributed by atoms with Crippen LogP contribution < -0.4 is 5.56 Å². The van der Waals surface area contributed by atoms with Crippen LogP contribution in [-0.4, -0.2) is 14.5 Å². The van der Waals surface area contributed by atoms with Crippen LogP contribution in [0.3, 0.4) is 0 Å². The summed E-state index contributed by atoms with van der Waals surface area (Å²) in [6.07, 6.45) is 1.63. The van der Waals surface area contributed by atoms with Crippen molar-refractivity contribution in [2.75, 3.05) is 0 Å². The highest BCUT2D eigenvalue weighted by atomic mass is 35.5. The average Bonchev–Trinajstić information content (AvgIpc) is 2.70. The first-order valence-corrected chi connectivity index (χ1v) is 6.28. The van der Waals surface area contributed by atoms with Gasteiger partial charge in [0, 0.05) is 17.1 Å². The van der Waals surface area contributed by atoms with E-state index in [1.165, 1.54) is 6.07 Å². The van der Waals surface area contributed by atoms with Crippen LogP contribution in [0.2, 0.25) is 5.15 Å². The third-order valence-electron chi connectivity index (χ3n) is 3.17. The predicted octanol–water partition coefficient (Wildman–Crippen LogP) is 2.98. The number of aromatic nitrogens is 3. The quantitative estimate of drug-likeness (QED) is 0.741. The van der Waals surface area contributed by atoms with Crippen LogP contribution in [0.15, 0.2) is 35.3 Å². The molecule has 1 N–H and O–H groups in total. The van der Waals surface area contributed by atoms with Gasteiger partial charge in [0.15, 0.2) is 0 Å². The third-order valence-corrected chi connectivity index (χ3v) is 3.43. The molecule has 0 atom stereocenters.